The molecule has 1 saturated carbocycles. The van der Waals surface area contributed by atoms with Gasteiger partial charge in [0.15, 0.2) is 0 Å². The molecule has 0 heterocycles. The van der Waals surface area contributed by atoms with Crippen LogP contribution in [0.1, 0.15) is 44.2 Å². The van der Waals surface area contributed by atoms with Crippen LogP contribution in [0.2, 0.25) is 0 Å². The third kappa shape index (κ3) is 3.02. The fourth-order valence-corrected chi connectivity index (χ4v) is 4.00. The van der Waals surface area contributed by atoms with Gasteiger partial charge in [0.2, 0.25) is 0 Å². The van der Waals surface area contributed by atoms with E-state index in [0.29, 0.717) is 0 Å². The summed E-state index contributed by atoms with van der Waals surface area (Å²) in [6.45, 7) is 2.06. The second-order valence-corrected chi connectivity index (χ2v) is 6.75. The zero-order chi connectivity index (χ0) is 11.5. The molecule has 0 amide bonds. The maximum absolute atomic E-state index is 6.02. The predicted molar refractivity (Wildman–Crippen MR) is 74.9 cm³/mol. The van der Waals surface area contributed by atoms with Gasteiger partial charge in [0.25, 0.3) is 0 Å². The Morgan fingerprint density at radius 3 is 2.69 bits per heavy atom. The summed E-state index contributed by atoms with van der Waals surface area (Å²) in [5, 5.41) is 0.804. The van der Waals surface area contributed by atoms with E-state index in [1.165, 1.54) is 36.1 Å². The van der Waals surface area contributed by atoms with Crippen molar-refractivity contribution in [1.29, 1.82) is 0 Å². The lowest BCUT2D eigenvalue weighted by atomic mass is 10.1. The van der Waals surface area contributed by atoms with Crippen molar-refractivity contribution in [2.75, 3.05) is 0 Å². The van der Waals surface area contributed by atoms with E-state index in [9.17, 15) is 0 Å². The van der Waals surface area contributed by atoms with E-state index < -0.39 is 0 Å². The van der Waals surface area contributed by atoms with Gasteiger partial charge in [-0.25, -0.2) is 0 Å². The van der Waals surface area contributed by atoms with Crippen molar-refractivity contribution in [3.05, 3.63) is 28.2 Å². The molecule has 1 aliphatic rings. The number of hydrogen-bond acceptors (Lipinski definition) is 2. The van der Waals surface area contributed by atoms with Crippen molar-refractivity contribution >= 4 is 27.7 Å². The topological polar surface area (TPSA) is 26.0 Å². The van der Waals surface area contributed by atoms with Crippen LogP contribution in [0.5, 0.6) is 0 Å². The molecule has 88 valence electrons. The summed E-state index contributed by atoms with van der Waals surface area (Å²) in [5.41, 5.74) is 7.29. The number of thioether (sulfide) groups is 1. The minimum atomic E-state index is 0.112. The molecule has 0 saturated heterocycles. The second kappa shape index (κ2) is 5.56. The fraction of sp³-hybridized carbons (Fsp3) is 0.538. The van der Waals surface area contributed by atoms with Crippen molar-refractivity contribution in [2.24, 2.45) is 5.73 Å². The lowest BCUT2D eigenvalue weighted by Gasteiger charge is -2.16. The lowest BCUT2D eigenvalue weighted by Crippen LogP contribution is -2.07. The van der Waals surface area contributed by atoms with Crippen molar-refractivity contribution in [3.8, 4) is 0 Å². The standard InChI is InChI=1S/C13H18BrNS/c1-9(15)12-8-10(14)6-7-13(12)16-11-4-2-3-5-11/h6-9,11H,2-5,15H2,1H3. The van der Waals surface area contributed by atoms with Gasteiger partial charge in [-0.3, -0.25) is 0 Å². The van der Waals surface area contributed by atoms with Crippen LogP contribution in [-0.4, -0.2) is 5.25 Å². The first kappa shape index (κ1) is 12.5. The third-order valence-electron chi connectivity index (χ3n) is 3.06. The number of halogens is 1. The molecular formula is C13H18BrNS. The highest BCUT2D eigenvalue weighted by atomic mass is 79.9. The molecule has 1 aromatic carbocycles. The molecule has 1 aromatic rings. The maximum atomic E-state index is 6.02. The molecule has 2 rings (SSSR count). The first-order valence-electron chi connectivity index (χ1n) is 5.88. The van der Waals surface area contributed by atoms with Gasteiger partial charge in [0.05, 0.1) is 0 Å². The van der Waals surface area contributed by atoms with Crippen molar-refractivity contribution in [3.63, 3.8) is 0 Å². The normalized spacial score (nSPS) is 18.9. The van der Waals surface area contributed by atoms with Gasteiger partial charge in [-0.1, -0.05) is 28.8 Å². The number of hydrogen-bond donors (Lipinski definition) is 1. The molecule has 1 nitrogen and oxygen atoms in total. The highest BCUT2D eigenvalue weighted by Crippen LogP contribution is 2.38. The molecule has 0 radical (unpaired) electrons. The Hall–Kier alpha value is 0.01000. The quantitative estimate of drug-likeness (QED) is 0.889. The summed E-state index contributed by atoms with van der Waals surface area (Å²) in [6.07, 6.45) is 5.50. The zero-order valence-electron chi connectivity index (χ0n) is 9.58. The average Bonchev–Trinajstić information content (AvgIpc) is 2.73. The molecule has 1 aliphatic carbocycles. The Balaban J connectivity index is 2.18. The second-order valence-electron chi connectivity index (χ2n) is 4.50. The van der Waals surface area contributed by atoms with Gasteiger partial charge in [-0.2, -0.15) is 0 Å². The predicted octanol–water partition coefficient (Wildman–Crippen LogP) is 4.50. The molecular weight excluding hydrogens is 282 g/mol. The Bertz CT molecular complexity index is 359. The van der Waals surface area contributed by atoms with E-state index in [4.69, 9.17) is 5.73 Å². The highest BCUT2D eigenvalue weighted by molar-refractivity contribution is 9.10. The SMILES string of the molecule is CC(N)c1cc(Br)ccc1SC1CCCC1. The van der Waals surface area contributed by atoms with E-state index in [2.05, 4.69) is 41.1 Å². The van der Waals surface area contributed by atoms with Gasteiger partial charge >= 0.3 is 0 Å². The molecule has 0 aliphatic heterocycles. The van der Waals surface area contributed by atoms with Crippen LogP contribution >= 0.6 is 27.7 Å². The summed E-state index contributed by atoms with van der Waals surface area (Å²) in [4.78, 5) is 1.37. The van der Waals surface area contributed by atoms with Crippen molar-refractivity contribution < 1.29 is 0 Å². The summed E-state index contributed by atoms with van der Waals surface area (Å²) < 4.78 is 1.12. The van der Waals surface area contributed by atoms with Crippen LogP contribution in [0.4, 0.5) is 0 Å². The molecule has 0 bridgehead atoms. The maximum Gasteiger partial charge on any atom is 0.0277 e. The highest BCUT2D eigenvalue weighted by Gasteiger charge is 2.18. The average molecular weight is 300 g/mol. The fourth-order valence-electron chi connectivity index (χ4n) is 2.17. The first-order chi connectivity index (χ1) is 7.66. The summed E-state index contributed by atoms with van der Waals surface area (Å²) in [7, 11) is 0. The molecule has 0 spiro atoms. The molecule has 1 fully saturated rings. The van der Waals surface area contributed by atoms with Crippen LogP contribution in [0.25, 0.3) is 0 Å². The van der Waals surface area contributed by atoms with Crippen molar-refractivity contribution in [2.45, 2.75) is 48.8 Å². The zero-order valence-corrected chi connectivity index (χ0v) is 12.0. The van der Waals surface area contributed by atoms with Gasteiger partial charge in [0, 0.05) is 20.7 Å². The van der Waals surface area contributed by atoms with Crippen LogP contribution in [0, 0.1) is 0 Å². The van der Waals surface area contributed by atoms with Crippen LogP contribution in [0.15, 0.2) is 27.6 Å². The Morgan fingerprint density at radius 1 is 1.38 bits per heavy atom. The van der Waals surface area contributed by atoms with Crippen LogP contribution in [-0.2, 0) is 0 Å². The van der Waals surface area contributed by atoms with E-state index in [-0.39, 0.29) is 6.04 Å². The molecule has 1 atom stereocenters. The summed E-state index contributed by atoms with van der Waals surface area (Å²) in [5.74, 6) is 0. The number of benzene rings is 1. The Kier molecular flexibility index (Phi) is 4.34. The number of nitrogens with two attached hydrogens (primary N) is 1. The van der Waals surface area contributed by atoms with Gasteiger partial charge < -0.3 is 5.73 Å². The van der Waals surface area contributed by atoms with E-state index in [1.807, 2.05) is 11.8 Å². The van der Waals surface area contributed by atoms with E-state index in [0.717, 1.165) is 9.72 Å². The van der Waals surface area contributed by atoms with Crippen molar-refractivity contribution in [1.82, 2.24) is 0 Å². The molecule has 16 heavy (non-hydrogen) atoms. The molecule has 2 N–H and O–H groups in total. The van der Waals surface area contributed by atoms with Crippen LogP contribution < -0.4 is 5.73 Å². The Labute approximate surface area is 110 Å². The summed E-state index contributed by atoms with van der Waals surface area (Å²) in [6, 6.07) is 6.58. The lowest BCUT2D eigenvalue weighted by molar-refractivity contribution is 0.794. The van der Waals surface area contributed by atoms with Gasteiger partial charge in [-0.15, -0.1) is 11.8 Å². The summed E-state index contributed by atoms with van der Waals surface area (Å²) >= 11 is 5.53. The minimum absolute atomic E-state index is 0.112. The van der Waals surface area contributed by atoms with Gasteiger partial charge in [0.1, 0.15) is 0 Å². The minimum Gasteiger partial charge on any atom is -0.324 e. The molecule has 1 unspecified atom stereocenters. The first-order valence-corrected chi connectivity index (χ1v) is 7.56. The smallest absolute Gasteiger partial charge is 0.0277 e. The Morgan fingerprint density at radius 2 is 2.06 bits per heavy atom. The van der Waals surface area contributed by atoms with E-state index >= 15 is 0 Å². The largest absolute Gasteiger partial charge is 0.324 e. The number of rotatable bonds is 3. The third-order valence-corrected chi connectivity index (χ3v) is 4.98. The monoisotopic (exact) mass is 299 g/mol. The molecule has 3 heteroatoms. The van der Waals surface area contributed by atoms with E-state index in [1.54, 1.807) is 0 Å². The van der Waals surface area contributed by atoms with Crippen LogP contribution in [0.3, 0.4) is 0 Å². The van der Waals surface area contributed by atoms with Gasteiger partial charge in [-0.05, 0) is 43.5 Å². The molecule has 0 aromatic heterocycles.